The van der Waals surface area contributed by atoms with Crippen LogP contribution in [-0.4, -0.2) is 6.54 Å². The zero-order valence-corrected chi connectivity index (χ0v) is 11.0. The van der Waals surface area contributed by atoms with Crippen LogP contribution < -0.4 is 10.1 Å². The minimum Gasteiger partial charge on any atom is -0.455 e. The molecule has 0 radical (unpaired) electrons. The third kappa shape index (κ3) is 4.08. The summed E-state index contributed by atoms with van der Waals surface area (Å²) >= 11 is 0. The molecule has 96 valence electrons. The summed E-state index contributed by atoms with van der Waals surface area (Å²) in [5, 5.41) is 3.34. The third-order valence-electron chi connectivity index (χ3n) is 2.60. The maximum absolute atomic E-state index is 5.87. The van der Waals surface area contributed by atoms with Gasteiger partial charge in [-0.2, -0.15) is 0 Å². The molecule has 0 fully saturated rings. The minimum atomic E-state index is 0.815. The molecule has 19 heavy (non-hydrogen) atoms. The number of hydrogen-bond donors (Lipinski definition) is 1. The highest BCUT2D eigenvalue weighted by Crippen LogP contribution is 2.28. The molecule has 0 saturated heterocycles. The summed E-state index contributed by atoms with van der Waals surface area (Å²) in [6.45, 7) is 2.67. The van der Waals surface area contributed by atoms with E-state index in [-0.39, 0.29) is 0 Å². The second kappa shape index (κ2) is 7.13. The largest absolute Gasteiger partial charge is 0.455 e. The number of benzene rings is 2. The fraction of sp³-hybridized carbons (Fsp3) is 0.176. The predicted molar refractivity (Wildman–Crippen MR) is 79.5 cm³/mol. The van der Waals surface area contributed by atoms with Crippen LogP contribution in [0.2, 0.25) is 0 Å². The summed E-state index contributed by atoms with van der Waals surface area (Å²) < 4.78 is 5.87. The molecule has 0 aliphatic carbocycles. The lowest BCUT2D eigenvalue weighted by molar-refractivity contribution is 0.484. The summed E-state index contributed by atoms with van der Waals surface area (Å²) in [4.78, 5) is 0. The zero-order chi connectivity index (χ0) is 13.3. The fourth-order valence-corrected chi connectivity index (χ4v) is 1.70. The van der Waals surface area contributed by atoms with E-state index >= 15 is 0 Å². The maximum atomic E-state index is 5.87. The first kappa shape index (κ1) is 13.0. The Kier molecular flexibility index (Phi) is 4.89. The van der Waals surface area contributed by atoms with Crippen molar-refractivity contribution in [3.8, 4) is 23.3 Å². The molecule has 2 aromatic carbocycles. The van der Waals surface area contributed by atoms with Crippen molar-refractivity contribution in [3.63, 3.8) is 0 Å². The van der Waals surface area contributed by atoms with Crippen molar-refractivity contribution in [2.75, 3.05) is 11.9 Å². The molecule has 0 saturated carbocycles. The van der Waals surface area contributed by atoms with Crippen LogP contribution >= 0.6 is 0 Å². The zero-order valence-electron chi connectivity index (χ0n) is 11.0. The Morgan fingerprint density at radius 1 is 1.00 bits per heavy atom. The first-order chi connectivity index (χ1) is 9.40. The topological polar surface area (TPSA) is 21.3 Å². The second-order valence-electron chi connectivity index (χ2n) is 4.01. The predicted octanol–water partition coefficient (Wildman–Crippen LogP) is 4.30. The SMILES string of the molecule is CC#CCCNc1ccccc1Oc1ccccc1. The lowest BCUT2D eigenvalue weighted by Crippen LogP contribution is -2.01. The van der Waals surface area contributed by atoms with Crippen LogP contribution in [0.3, 0.4) is 0 Å². The average Bonchev–Trinajstić information content (AvgIpc) is 2.46. The van der Waals surface area contributed by atoms with E-state index in [9.17, 15) is 0 Å². The quantitative estimate of drug-likeness (QED) is 0.631. The number of hydrogen-bond acceptors (Lipinski definition) is 2. The minimum absolute atomic E-state index is 0.815. The molecule has 0 amide bonds. The summed E-state index contributed by atoms with van der Waals surface area (Å²) in [6.07, 6.45) is 0.830. The van der Waals surface area contributed by atoms with Gasteiger partial charge in [0, 0.05) is 13.0 Å². The van der Waals surface area contributed by atoms with Crippen molar-refractivity contribution in [2.45, 2.75) is 13.3 Å². The van der Waals surface area contributed by atoms with Crippen molar-refractivity contribution in [1.29, 1.82) is 0 Å². The molecule has 2 aromatic rings. The molecule has 2 heteroatoms. The Labute approximate surface area is 114 Å². The first-order valence-electron chi connectivity index (χ1n) is 6.35. The molecule has 0 heterocycles. The van der Waals surface area contributed by atoms with E-state index in [2.05, 4.69) is 17.2 Å². The van der Waals surface area contributed by atoms with Crippen molar-refractivity contribution < 1.29 is 4.74 Å². The normalized spacial score (nSPS) is 9.32. The van der Waals surface area contributed by atoms with Crippen LogP contribution in [0.4, 0.5) is 5.69 Å². The molecular weight excluding hydrogens is 234 g/mol. The van der Waals surface area contributed by atoms with E-state index in [1.54, 1.807) is 0 Å². The van der Waals surface area contributed by atoms with E-state index in [0.717, 1.165) is 30.2 Å². The van der Waals surface area contributed by atoms with Crippen molar-refractivity contribution >= 4 is 5.69 Å². The lowest BCUT2D eigenvalue weighted by Gasteiger charge is -2.12. The van der Waals surface area contributed by atoms with Gasteiger partial charge in [-0.1, -0.05) is 30.3 Å². The van der Waals surface area contributed by atoms with Gasteiger partial charge in [0.15, 0.2) is 5.75 Å². The van der Waals surface area contributed by atoms with Gasteiger partial charge in [0.25, 0.3) is 0 Å². The van der Waals surface area contributed by atoms with Crippen molar-refractivity contribution in [2.24, 2.45) is 0 Å². The van der Waals surface area contributed by atoms with Crippen molar-refractivity contribution in [1.82, 2.24) is 0 Å². The van der Waals surface area contributed by atoms with E-state index in [4.69, 9.17) is 4.74 Å². The summed E-state index contributed by atoms with van der Waals surface area (Å²) in [7, 11) is 0. The van der Waals surface area contributed by atoms with E-state index in [1.165, 1.54) is 0 Å². The maximum Gasteiger partial charge on any atom is 0.150 e. The number of rotatable bonds is 5. The molecular formula is C17H17NO. The van der Waals surface area contributed by atoms with Gasteiger partial charge in [0.1, 0.15) is 5.75 Å². The number of ether oxygens (including phenoxy) is 1. The Morgan fingerprint density at radius 3 is 2.53 bits per heavy atom. The molecule has 0 unspecified atom stereocenters. The highest BCUT2D eigenvalue weighted by molar-refractivity contribution is 5.57. The Bertz CT molecular complexity index is 567. The molecule has 0 aliphatic rings. The summed E-state index contributed by atoms with van der Waals surface area (Å²) in [5.41, 5.74) is 0.990. The monoisotopic (exact) mass is 251 g/mol. The molecule has 2 nitrogen and oxygen atoms in total. The fourth-order valence-electron chi connectivity index (χ4n) is 1.70. The highest BCUT2D eigenvalue weighted by atomic mass is 16.5. The summed E-state index contributed by atoms with van der Waals surface area (Å²) in [5.74, 6) is 7.59. The third-order valence-corrected chi connectivity index (χ3v) is 2.60. The molecule has 0 bridgehead atoms. The van der Waals surface area contributed by atoms with E-state index in [0.29, 0.717) is 0 Å². The Morgan fingerprint density at radius 2 is 1.74 bits per heavy atom. The van der Waals surface area contributed by atoms with Gasteiger partial charge < -0.3 is 10.1 Å². The smallest absolute Gasteiger partial charge is 0.150 e. The van der Waals surface area contributed by atoms with Crippen LogP contribution in [-0.2, 0) is 0 Å². The number of nitrogens with one attached hydrogen (secondary N) is 1. The van der Waals surface area contributed by atoms with Crippen molar-refractivity contribution in [3.05, 3.63) is 54.6 Å². The number of para-hydroxylation sites is 3. The lowest BCUT2D eigenvalue weighted by atomic mass is 10.2. The molecule has 0 spiro atoms. The van der Waals surface area contributed by atoms with Gasteiger partial charge in [-0.15, -0.1) is 11.8 Å². The molecule has 0 atom stereocenters. The average molecular weight is 251 g/mol. The van der Waals surface area contributed by atoms with Crippen LogP contribution in [0.15, 0.2) is 54.6 Å². The van der Waals surface area contributed by atoms with Crippen LogP contribution in [0.5, 0.6) is 11.5 Å². The standard InChI is InChI=1S/C17H17NO/c1-2-3-9-14-18-16-12-7-8-13-17(16)19-15-10-5-4-6-11-15/h4-8,10-13,18H,9,14H2,1H3. The van der Waals surface area contributed by atoms with E-state index in [1.807, 2.05) is 61.5 Å². The van der Waals surface area contributed by atoms with Crippen LogP contribution in [0.25, 0.3) is 0 Å². The molecule has 0 aromatic heterocycles. The molecule has 0 aliphatic heterocycles. The Hall–Kier alpha value is -2.40. The van der Waals surface area contributed by atoms with Crippen LogP contribution in [0.1, 0.15) is 13.3 Å². The molecule has 2 rings (SSSR count). The van der Waals surface area contributed by atoms with Gasteiger partial charge in [0.2, 0.25) is 0 Å². The Balaban J connectivity index is 2.05. The van der Waals surface area contributed by atoms with E-state index < -0.39 is 0 Å². The second-order valence-corrected chi connectivity index (χ2v) is 4.01. The van der Waals surface area contributed by atoms with Gasteiger partial charge >= 0.3 is 0 Å². The van der Waals surface area contributed by atoms with Gasteiger partial charge in [-0.3, -0.25) is 0 Å². The first-order valence-corrected chi connectivity index (χ1v) is 6.35. The molecule has 1 N–H and O–H groups in total. The highest BCUT2D eigenvalue weighted by Gasteiger charge is 2.02. The summed E-state index contributed by atoms with van der Waals surface area (Å²) in [6, 6.07) is 17.7. The van der Waals surface area contributed by atoms with Gasteiger partial charge in [-0.05, 0) is 31.2 Å². The van der Waals surface area contributed by atoms with Crippen LogP contribution in [0, 0.1) is 11.8 Å². The number of anilines is 1. The van der Waals surface area contributed by atoms with Gasteiger partial charge in [0.05, 0.1) is 5.69 Å². The van der Waals surface area contributed by atoms with Gasteiger partial charge in [-0.25, -0.2) is 0 Å².